The second kappa shape index (κ2) is 8.56. The monoisotopic (exact) mass is 347 g/mol. The predicted molar refractivity (Wildman–Crippen MR) is 96.5 cm³/mol. The molecule has 0 heterocycles. The van der Waals surface area contributed by atoms with E-state index in [2.05, 4.69) is 0 Å². The Bertz CT molecular complexity index is 626. The average Bonchev–Trinajstić information content (AvgIpc) is 2.62. The van der Waals surface area contributed by atoms with Crippen LogP contribution >= 0.6 is 0 Å². The fourth-order valence-corrected chi connectivity index (χ4v) is 3.47. The van der Waals surface area contributed by atoms with Crippen LogP contribution in [0.2, 0.25) is 0 Å². The van der Waals surface area contributed by atoms with Crippen LogP contribution in [0.25, 0.3) is 0 Å². The Labute approximate surface area is 149 Å². The highest BCUT2D eigenvalue weighted by Crippen LogP contribution is 2.27. The zero-order chi connectivity index (χ0) is 18.6. The molecule has 0 saturated heterocycles. The molecule has 6 heteroatoms. The van der Waals surface area contributed by atoms with Crippen molar-refractivity contribution in [1.29, 1.82) is 0 Å². The summed E-state index contributed by atoms with van der Waals surface area (Å²) in [5.74, 6) is 4.64. The maximum Gasteiger partial charge on any atom is 0.275 e. The van der Waals surface area contributed by atoms with Gasteiger partial charge in [0.2, 0.25) is 0 Å². The van der Waals surface area contributed by atoms with E-state index >= 15 is 0 Å². The maximum atomic E-state index is 12.5. The number of nitrogens with two attached hydrogens (primary N) is 2. The third-order valence-electron chi connectivity index (χ3n) is 5.28. The molecule has 1 aromatic rings. The highest BCUT2D eigenvalue weighted by molar-refractivity contribution is 6.06. The molecule has 1 aliphatic carbocycles. The Balaban J connectivity index is 2.02. The number of aliphatic hydroxyl groups excluding tert-OH is 1. The normalized spacial score (nSPS) is 17.8. The predicted octanol–water partition coefficient (Wildman–Crippen LogP) is 1.80. The fourth-order valence-electron chi connectivity index (χ4n) is 3.47. The lowest BCUT2D eigenvalue weighted by Crippen LogP contribution is -2.53. The summed E-state index contributed by atoms with van der Waals surface area (Å²) in [6.45, 7) is 3.68. The maximum absolute atomic E-state index is 12.5. The van der Waals surface area contributed by atoms with E-state index in [1.54, 1.807) is 19.1 Å². The van der Waals surface area contributed by atoms with Crippen LogP contribution in [0, 0.1) is 19.8 Å². The van der Waals surface area contributed by atoms with E-state index in [-0.39, 0.29) is 0 Å². The number of hydrogen-bond donors (Lipinski definition) is 3. The first-order valence-corrected chi connectivity index (χ1v) is 8.95. The SMILES string of the molecule is Cc1cccc(C(=O)N(N)C(=O)C(O)[C@H](N)CC2CCCCC2)c1C. The smallest absolute Gasteiger partial charge is 0.275 e. The van der Waals surface area contributed by atoms with E-state index < -0.39 is 24.0 Å². The Morgan fingerprint density at radius 2 is 1.88 bits per heavy atom. The Morgan fingerprint density at radius 3 is 2.52 bits per heavy atom. The summed E-state index contributed by atoms with van der Waals surface area (Å²) in [6.07, 6.45) is 4.79. The Morgan fingerprint density at radius 1 is 1.24 bits per heavy atom. The third kappa shape index (κ3) is 4.66. The summed E-state index contributed by atoms with van der Waals surface area (Å²) < 4.78 is 0. The first-order valence-electron chi connectivity index (χ1n) is 8.95. The highest BCUT2D eigenvalue weighted by atomic mass is 16.3. The number of hydrogen-bond acceptors (Lipinski definition) is 5. The van der Waals surface area contributed by atoms with Crippen molar-refractivity contribution in [1.82, 2.24) is 5.01 Å². The molecule has 138 valence electrons. The van der Waals surface area contributed by atoms with Crippen molar-refractivity contribution in [3.05, 3.63) is 34.9 Å². The lowest BCUT2D eigenvalue weighted by atomic mass is 9.84. The number of hydrazine groups is 1. The molecule has 1 aliphatic rings. The molecule has 0 aromatic heterocycles. The van der Waals surface area contributed by atoms with Crippen LogP contribution in [-0.2, 0) is 4.79 Å². The van der Waals surface area contributed by atoms with Gasteiger partial charge in [-0.15, -0.1) is 0 Å². The van der Waals surface area contributed by atoms with E-state index in [1.807, 2.05) is 13.0 Å². The molecule has 1 fully saturated rings. The van der Waals surface area contributed by atoms with Gasteiger partial charge < -0.3 is 10.8 Å². The summed E-state index contributed by atoms with van der Waals surface area (Å²) in [4.78, 5) is 24.9. The number of nitrogens with zero attached hydrogens (tertiary/aromatic N) is 1. The number of imide groups is 1. The molecule has 1 unspecified atom stereocenters. The summed E-state index contributed by atoms with van der Waals surface area (Å²) in [5, 5.41) is 10.8. The molecular formula is C19H29N3O3. The van der Waals surface area contributed by atoms with Gasteiger partial charge in [-0.05, 0) is 43.4 Å². The van der Waals surface area contributed by atoms with E-state index in [0.29, 0.717) is 22.9 Å². The number of carbonyl (C=O) groups is 2. The van der Waals surface area contributed by atoms with Crippen molar-refractivity contribution in [3.63, 3.8) is 0 Å². The topological polar surface area (TPSA) is 110 Å². The average molecular weight is 347 g/mol. The van der Waals surface area contributed by atoms with Gasteiger partial charge in [-0.1, -0.05) is 44.2 Å². The molecule has 2 rings (SSSR count). The minimum Gasteiger partial charge on any atom is -0.382 e. The lowest BCUT2D eigenvalue weighted by Gasteiger charge is -2.28. The summed E-state index contributed by atoms with van der Waals surface area (Å²) in [6, 6.07) is 4.52. The number of rotatable bonds is 5. The number of aryl methyl sites for hydroxylation is 1. The van der Waals surface area contributed by atoms with E-state index in [9.17, 15) is 14.7 Å². The van der Waals surface area contributed by atoms with Crippen molar-refractivity contribution >= 4 is 11.8 Å². The second-order valence-corrected chi connectivity index (χ2v) is 7.11. The first kappa shape index (κ1) is 19.6. The lowest BCUT2D eigenvalue weighted by molar-refractivity contribution is -0.138. The van der Waals surface area contributed by atoms with Crippen LogP contribution in [0.4, 0.5) is 0 Å². The molecule has 2 amide bonds. The van der Waals surface area contributed by atoms with Gasteiger partial charge in [0.1, 0.15) is 6.10 Å². The van der Waals surface area contributed by atoms with Crippen molar-refractivity contribution in [3.8, 4) is 0 Å². The molecule has 0 bridgehead atoms. The van der Waals surface area contributed by atoms with Crippen molar-refractivity contribution in [2.75, 3.05) is 0 Å². The minimum absolute atomic E-state index is 0.351. The van der Waals surface area contributed by atoms with Gasteiger partial charge in [-0.3, -0.25) is 9.59 Å². The van der Waals surface area contributed by atoms with Crippen molar-refractivity contribution in [2.45, 2.75) is 64.5 Å². The number of amides is 2. The van der Waals surface area contributed by atoms with Crippen molar-refractivity contribution in [2.24, 2.45) is 17.5 Å². The van der Waals surface area contributed by atoms with E-state index in [4.69, 9.17) is 11.6 Å². The van der Waals surface area contributed by atoms with Crippen LogP contribution in [0.1, 0.15) is 60.0 Å². The van der Waals surface area contributed by atoms with Gasteiger partial charge >= 0.3 is 0 Å². The standard InChI is InChI=1S/C19H29N3O3/c1-12-7-6-10-15(13(12)2)18(24)22(21)19(25)17(23)16(20)11-14-8-4-3-5-9-14/h6-7,10,14,16-17,23H,3-5,8-9,11,20-21H2,1-2H3/t16-,17?/m1/s1. The van der Waals surface area contributed by atoms with Gasteiger partial charge in [0.05, 0.1) is 0 Å². The van der Waals surface area contributed by atoms with Crippen LogP contribution in [0.15, 0.2) is 18.2 Å². The van der Waals surface area contributed by atoms with Gasteiger partial charge in [0.15, 0.2) is 0 Å². The quantitative estimate of drug-likeness (QED) is 0.427. The molecular weight excluding hydrogens is 318 g/mol. The molecule has 0 aliphatic heterocycles. The summed E-state index contributed by atoms with van der Waals surface area (Å²) >= 11 is 0. The van der Waals surface area contributed by atoms with Gasteiger partial charge in [0, 0.05) is 11.6 Å². The van der Waals surface area contributed by atoms with Gasteiger partial charge in [0.25, 0.3) is 11.8 Å². The molecule has 1 saturated carbocycles. The molecule has 1 aromatic carbocycles. The van der Waals surface area contributed by atoms with Crippen molar-refractivity contribution < 1.29 is 14.7 Å². The number of benzene rings is 1. The van der Waals surface area contributed by atoms with Crippen LogP contribution < -0.4 is 11.6 Å². The molecule has 25 heavy (non-hydrogen) atoms. The molecule has 5 N–H and O–H groups in total. The summed E-state index contributed by atoms with van der Waals surface area (Å²) in [5.41, 5.74) is 8.06. The highest BCUT2D eigenvalue weighted by Gasteiger charge is 2.32. The molecule has 6 nitrogen and oxygen atoms in total. The van der Waals surface area contributed by atoms with E-state index in [1.165, 1.54) is 6.42 Å². The van der Waals surface area contributed by atoms with Gasteiger partial charge in [-0.2, -0.15) is 0 Å². The Kier molecular flexibility index (Phi) is 6.70. The number of aliphatic hydroxyl groups is 1. The summed E-state index contributed by atoms with van der Waals surface area (Å²) in [7, 11) is 0. The van der Waals surface area contributed by atoms with Crippen LogP contribution in [-0.4, -0.2) is 34.1 Å². The van der Waals surface area contributed by atoms with E-state index in [0.717, 1.165) is 36.8 Å². The van der Waals surface area contributed by atoms with Crippen LogP contribution in [0.3, 0.4) is 0 Å². The molecule has 0 spiro atoms. The molecule has 0 radical (unpaired) electrons. The number of carbonyl (C=O) groups excluding carboxylic acids is 2. The first-order chi connectivity index (χ1) is 11.8. The zero-order valence-corrected chi connectivity index (χ0v) is 15.1. The third-order valence-corrected chi connectivity index (χ3v) is 5.28. The second-order valence-electron chi connectivity index (χ2n) is 7.11. The minimum atomic E-state index is -1.47. The van der Waals surface area contributed by atoms with Crippen LogP contribution in [0.5, 0.6) is 0 Å². The largest absolute Gasteiger partial charge is 0.382 e. The fraction of sp³-hybridized carbons (Fsp3) is 0.579. The molecule has 2 atom stereocenters. The zero-order valence-electron chi connectivity index (χ0n) is 15.1. The Hall–Kier alpha value is -1.76. The van der Waals surface area contributed by atoms with Gasteiger partial charge in [-0.25, -0.2) is 10.9 Å².